The van der Waals surface area contributed by atoms with Crippen molar-refractivity contribution in [1.82, 2.24) is 0 Å². The predicted octanol–water partition coefficient (Wildman–Crippen LogP) is 4.95. The Balaban J connectivity index is 2.43. The van der Waals surface area contributed by atoms with Crippen molar-refractivity contribution in [2.24, 2.45) is 0 Å². The zero-order valence-corrected chi connectivity index (χ0v) is 11.7. The van der Waals surface area contributed by atoms with Crippen molar-refractivity contribution >= 4 is 43.6 Å². The quantitative estimate of drug-likeness (QED) is 0.381. The number of benzene rings is 2. The summed E-state index contributed by atoms with van der Waals surface area (Å²) in [6.45, 7) is 1.87. The summed E-state index contributed by atoms with van der Waals surface area (Å²) >= 11 is 3.40. The van der Waals surface area contributed by atoms with Crippen LogP contribution in [0.1, 0.15) is 17.3 Å². The third kappa shape index (κ3) is 1.90. The van der Waals surface area contributed by atoms with Gasteiger partial charge >= 0.3 is 0 Å². The van der Waals surface area contributed by atoms with Crippen LogP contribution in [0, 0.1) is 10.1 Å². The van der Waals surface area contributed by atoms with Crippen molar-refractivity contribution in [3.8, 4) is 0 Å². The Hall–Kier alpha value is -1.88. The molecule has 0 aliphatic heterocycles. The van der Waals surface area contributed by atoms with Crippen molar-refractivity contribution < 1.29 is 9.34 Å². The van der Waals surface area contributed by atoms with Crippen LogP contribution in [0.2, 0.25) is 0 Å². The molecule has 0 spiro atoms. The Bertz CT molecular complexity index is 792. The lowest BCUT2D eigenvalue weighted by Gasteiger charge is -2.04. The highest BCUT2D eigenvalue weighted by Gasteiger charge is 2.21. The SMILES string of the molecule is CC(Br)c1cc2c(cc1[N+](=O)[O-])oc1ccccc12. The maximum Gasteiger partial charge on any atom is 0.277 e. The largest absolute Gasteiger partial charge is 0.456 e. The first-order valence-corrected chi connectivity index (χ1v) is 6.73. The molecular formula is C14H10BrNO3. The molecule has 0 radical (unpaired) electrons. The molecule has 0 aliphatic rings. The number of nitro benzene ring substituents is 1. The van der Waals surface area contributed by atoms with Gasteiger partial charge in [-0.15, -0.1) is 0 Å². The lowest BCUT2D eigenvalue weighted by molar-refractivity contribution is -0.385. The van der Waals surface area contributed by atoms with Gasteiger partial charge in [0.15, 0.2) is 0 Å². The van der Waals surface area contributed by atoms with Crippen molar-refractivity contribution in [1.29, 1.82) is 0 Å². The number of nitro groups is 1. The Morgan fingerprint density at radius 3 is 2.63 bits per heavy atom. The Morgan fingerprint density at radius 1 is 1.21 bits per heavy atom. The highest BCUT2D eigenvalue weighted by molar-refractivity contribution is 9.09. The Morgan fingerprint density at radius 2 is 1.95 bits per heavy atom. The molecule has 96 valence electrons. The van der Waals surface area contributed by atoms with E-state index in [0.29, 0.717) is 11.1 Å². The molecule has 1 heterocycles. The van der Waals surface area contributed by atoms with Gasteiger partial charge in [0.2, 0.25) is 0 Å². The van der Waals surface area contributed by atoms with Crippen LogP contribution in [-0.4, -0.2) is 4.92 Å². The molecule has 1 unspecified atom stereocenters. The summed E-state index contributed by atoms with van der Waals surface area (Å²) in [6.07, 6.45) is 0. The molecular weight excluding hydrogens is 310 g/mol. The zero-order chi connectivity index (χ0) is 13.6. The van der Waals surface area contributed by atoms with E-state index in [1.807, 2.05) is 37.3 Å². The summed E-state index contributed by atoms with van der Waals surface area (Å²) in [5.41, 5.74) is 2.02. The number of hydrogen-bond acceptors (Lipinski definition) is 3. The van der Waals surface area contributed by atoms with Gasteiger partial charge in [-0.2, -0.15) is 0 Å². The fourth-order valence-electron chi connectivity index (χ4n) is 2.25. The van der Waals surface area contributed by atoms with E-state index in [-0.39, 0.29) is 15.4 Å². The topological polar surface area (TPSA) is 56.3 Å². The lowest BCUT2D eigenvalue weighted by Crippen LogP contribution is -1.95. The van der Waals surface area contributed by atoms with Crippen LogP contribution < -0.4 is 0 Å². The standard InChI is InChI=1S/C14H10BrNO3/c1-8(15)10-6-11-9-4-2-3-5-13(9)19-14(11)7-12(10)16(17)18/h2-8H,1H3. The number of fused-ring (bicyclic) bond motifs is 3. The first-order valence-electron chi connectivity index (χ1n) is 5.81. The number of para-hydroxylation sites is 1. The molecule has 1 aromatic heterocycles. The third-order valence-corrected chi connectivity index (χ3v) is 3.64. The van der Waals surface area contributed by atoms with Gasteiger partial charge < -0.3 is 4.42 Å². The van der Waals surface area contributed by atoms with Crippen LogP contribution in [0.3, 0.4) is 0 Å². The minimum atomic E-state index is -0.375. The van der Waals surface area contributed by atoms with Gasteiger partial charge in [-0.3, -0.25) is 10.1 Å². The van der Waals surface area contributed by atoms with Gasteiger partial charge in [0.1, 0.15) is 11.2 Å². The fraction of sp³-hybridized carbons (Fsp3) is 0.143. The molecule has 0 saturated carbocycles. The van der Waals surface area contributed by atoms with Crippen LogP contribution >= 0.6 is 15.9 Å². The molecule has 2 aromatic carbocycles. The van der Waals surface area contributed by atoms with E-state index in [9.17, 15) is 10.1 Å². The van der Waals surface area contributed by atoms with Crippen LogP contribution in [0.5, 0.6) is 0 Å². The molecule has 0 amide bonds. The van der Waals surface area contributed by atoms with E-state index in [2.05, 4.69) is 15.9 Å². The summed E-state index contributed by atoms with van der Waals surface area (Å²) in [5.74, 6) is 0. The number of nitrogens with zero attached hydrogens (tertiary/aromatic N) is 1. The van der Waals surface area contributed by atoms with Crippen molar-refractivity contribution in [2.45, 2.75) is 11.8 Å². The Kier molecular flexibility index (Phi) is 2.78. The van der Waals surface area contributed by atoms with Gasteiger partial charge in [0, 0.05) is 21.2 Å². The lowest BCUT2D eigenvalue weighted by atomic mass is 10.1. The van der Waals surface area contributed by atoms with Crippen molar-refractivity contribution in [3.05, 3.63) is 52.1 Å². The van der Waals surface area contributed by atoms with E-state index in [4.69, 9.17) is 4.42 Å². The number of halogens is 1. The van der Waals surface area contributed by atoms with E-state index in [1.54, 1.807) is 0 Å². The summed E-state index contributed by atoms with van der Waals surface area (Å²) in [7, 11) is 0. The van der Waals surface area contributed by atoms with Crippen LogP contribution in [0.25, 0.3) is 21.9 Å². The first kappa shape index (κ1) is 12.2. The molecule has 0 aliphatic carbocycles. The molecule has 1 atom stereocenters. The summed E-state index contributed by atoms with van der Waals surface area (Å²) in [5, 5.41) is 13.0. The van der Waals surface area contributed by atoms with Crippen LogP contribution in [-0.2, 0) is 0 Å². The normalized spacial score (nSPS) is 12.9. The second-order valence-electron chi connectivity index (χ2n) is 4.38. The van der Waals surface area contributed by atoms with E-state index in [1.165, 1.54) is 6.07 Å². The van der Waals surface area contributed by atoms with Gasteiger partial charge in [0.25, 0.3) is 5.69 Å². The summed E-state index contributed by atoms with van der Waals surface area (Å²) in [4.78, 5) is 10.7. The molecule has 0 fully saturated rings. The van der Waals surface area contributed by atoms with Gasteiger partial charge in [0.05, 0.1) is 11.0 Å². The molecule has 5 heteroatoms. The molecule has 0 saturated heterocycles. The third-order valence-electron chi connectivity index (χ3n) is 3.15. The molecule has 0 N–H and O–H groups in total. The summed E-state index contributed by atoms with van der Waals surface area (Å²) in [6, 6.07) is 11.0. The number of rotatable bonds is 2. The van der Waals surface area contributed by atoms with Gasteiger partial charge in [-0.1, -0.05) is 34.1 Å². The van der Waals surface area contributed by atoms with Crippen LogP contribution in [0.15, 0.2) is 40.8 Å². The number of hydrogen-bond donors (Lipinski definition) is 0. The molecule has 19 heavy (non-hydrogen) atoms. The number of alkyl halides is 1. The maximum atomic E-state index is 11.1. The smallest absolute Gasteiger partial charge is 0.277 e. The average molecular weight is 320 g/mol. The molecule has 0 bridgehead atoms. The van der Waals surface area contributed by atoms with Gasteiger partial charge in [-0.25, -0.2) is 0 Å². The number of furan rings is 1. The second kappa shape index (κ2) is 4.35. The van der Waals surface area contributed by atoms with E-state index >= 15 is 0 Å². The van der Waals surface area contributed by atoms with Gasteiger partial charge in [-0.05, 0) is 19.1 Å². The Labute approximate surface area is 117 Å². The highest BCUT2D eigenvalue weighted by Crippen LogP contribution is 2.38. The maximum absolute atomic E-state index is 11.1. The summed E-state index contributed by atoms with van der Waals surface area (Å²) < 4.78 is 5.66. The van der Waals surface area contributed by atoms with Crippen LogP contribution in [0.4, 0.5) is 5.69 Å². The predicted molar refractivity (Wildman–Crippen MR) is 77.7 cm³/mol. The van der Waals surface area contributed by atoms with Crippen molar-refractivity contribution in [2.75, 3.05) is 0 Å². The molecule has 4 nitrogen and oxygen atoms in total. The monoisotopic (exact) mass is 319 g/mol. The zero-order valence-electron chi connectivity index (χ0n) is 10.1. The highest BCUT2D eigenvalue weighted by atomic mass is 79.9. The minimum Gasteiger partial charge on any atom is -0.456 e. The van der Waals surface area contributed by atoms with Crippen molar-refractivity contribution in [3.63, 3.8) is 0 Å². The van der Waals surface area contributed by atoms with E-state index in [0.717, 1.165) is 16.4 Å². The second-order valence-corrected chi connectivity index (χ2v) is 5.75. The van der Waals surface area contributed by atoms with E-state index < -0.39 is 0 Å². The minimum absolute atomic E-state index is 0.0796. The average Bonchev–Trinajstić information content (AvgIpc) is 2.74. The molecule has 3 rings (SSSR count). The molecule has 3 aromatic rings. The fourth-order valence-corrected chi connectivity index (χ4v) is 2.62. The first-order chi connectivity index (χ1) is 9.08.